The number of rotatable bonds is 3. The van der Waals surface area contributed by atoms with Crippen molar-refractivity contribution in [2.75, 3.05) is 20.8 Å². The molecule has 1 aliphatic heterocycles. The van der Waals surface area contributed by atoms with E-state index >= 15 is 0 Å². The lowest BCUT2D eigenvalue weighted by Gasteiger charge is -2.09. The standard InChI is InChI=1S/C7H12O3/c1-8-5-6-3-4-7(9-2)10-6/h3,7H,4-5H2,1-2H3. The van der Waals surface area contributed by atoms with Crippen LogP contribution in [-0.4, -0.2) is 27.1 Å². The Kier molecular flexibility index (Phi) is 2.71. The van der Waals surface area contributed by atoms with E-state index in [1.165, 1.54) is 0 Å². The van der Waals surface area contributed by atoms with Gasteiger partial charge in [0.05, 0.1) is 0 Å². The molecule has 0 N–H and O–H groups in total. The van der Waals surface area contributed by atoms with Gasteiger partial charge in [0.2, 0.25) is 6.29 Å². The Bertz CT molecular complexity index is 131. The SMILES string of the molecule is COCC1=CCC(OC)O1. The monoisotopic (exact) mass is 144 g/mol. The molecule has 0 aliphatic carbocycles. The first-order valence-corrected chi connectivity index (χ1v) is 3.24. The third-order valence-corrected chi connectivity index (χ3v) is 1.37. The van der Waals surface area contributed by atoms with Crippen molar-refractivity contribution in [1.82, 2.24) is 0 Å². The van der Waals surface area contributed by atoms with E-state index < -0.39 is 0 Å². The fraction of sp³-hybridized carbons (Fsp3) is 0.714. The summed E-state index contributed by atoms with van der Waals surface area (Å²) in [7, 11) is 3.28. The molecule has 3 nitrogen and oxygen atoms in total. The van der Waals surface area contributed by atoms with E-state index in [1.54, 1.807) is 14.2 Å². The average Bonchev–Trinajstić information content (AvgIpc) is 2.37. The van der Waals surface area contributed by atoms with Crippen molar-refractivity contribution in [2.45, 2.75) is 12.7 Å². The van der Waals surface area contributed by atoms with Gasteiger partial charge in [0.1, 0.15) is 12.4 Å². The number of ether oxygens (including phenoxy) is 3. The van der Waals surface area contributed by atoms with Crippen LogP contribution < -0.4 is 0 Å². The highest BCUT2D eigenvalue weighted by Crippen LogP contribution is 2.16. The van der Waals surface area contributed by atoms with Crippen LogP contribution in [0, 0.1) is 0 Å². The van der Waals surface area contributed by atoms with Crippen LogP contribution in [0.2, 0.25) is 0 Å². The molecule has 0 bridgehead atoms. The van der Waals surface area contributed by atoms with Crippen LogP contribution in [-0.2, 0) is 14.2 Å². The molecule has 0 aromatic heterocycles. The van der Waals surface area contributed by atoms with Crippen LogP contribution in [0.4, 0.5) is 0 Å². The van der Waals surface area contributed by atoms with E-state index in [0.717, 1.165) is 12.2 Å². The maximum Gasteiger partial charge on any atom is 0.202 e. The van der Waals surface area contributed by atoms with Gasteiger partial charge in [0, 0.05) is 20.6 Å². The Morgan fingerprint density at radius 2 is 2.50 bits per heavy atom. The van der Waals surface area contributed by atoms with E-state index in [4.69, 9.17) is 14.2 Å². The summed E-state index contributed by atoms with van der Waals surface area (Å²) in [5.41, 5.74) is 0. The first-order chi connectivity index (χ1) is 4.86. The van der Waals surface area contributed by atoms with Crippen molar-refractivity contribution in [1.29, 1.82) is 0 Å². The summed E-state index contributed by atoms with van der Waals surface area (Å²) in [6.45, 7) is 0.542. The van der Waals surface area contributed by atoms with Gasteiger partial charge in [-0.1, -0.05) is 0 Å². The molecule has 1 heterocycles. The summed E-state index contributed by atoms with van der Waals surface area (Å²) in [5, 5.41) is 0. The van der Waals surface area contributed by atoms with Gasteiger partial charge in [-0.2, -0.15) is 0 Å². The second-order valence-electron chi connectivity index (χ2n) is 2.12. The molecule has 10 heavy (non-hydrogen) atoms. The predicted molar refractivity (Wildman–Crippen MR) is 36.5 cm³/mol. The minimum absolute atomic E-state index is 0.0925. The van der Waals surface area contributed by atoms with Gasteiger partial charge in [0.15, 0.2) is 0 Å². The molecule has 1 rings (SSSR count). The molecule has 0 aromatic carbocycles. The van der Waals surface area contributed by atoms with Crippen LogP contribution in [0.15, 0.2) is 11.8 Å². The Morgan fingerprint density at radius 1 is 1.70 bits per heavy atom. The third kappa shape index (κ3) is 1.72. The summed E-state index contributed by atoms with van der Waals surface area (Å²) in [5.74, 6) is 0.870. The Morgan fingerprint density at radius 3 is 3.00 bits per heavy atom. The van der Waals surface area contributed by atoms with E-state index in [9.17, 15) is 0 Å². The Labute approximate surface area is 60.6 Å². The fourth-order valence-electron chi connectivity index (χ4n) is 0.872. The molecular weight excluding hydrogens is 132 g/mol. The van der Waals surface area contributed by atoms with Crippen molar-refractivity contribution in [3.8, 4) is 0 Å². The molecule has 3 heteroatoms. The van der Waals surface area contributed by atoms with Gasteiger partial charge >= 0.3 is 0 Å². The summed E-state index contributed by atoms with van der Waals surface area (Å²) in [6, 6.07) is 0. The molecule has 0 fully saturated rings. The van der Waals surface area contributed by atoms with Gasteiger partial charge in [-0.25, -0.2) is 0 Å². The molecule has 0 saturated heterocycles. The number of hydrogen-bond acceptors (Lipinski definition) is 3. The van der Waals surface area contributed by atoms with E-state index in [-0.39, 0.29) is 6.29 Å². The second kappa shape index (κ2) is 3.58. The summed E-state index contributed by atoms with van der Waals surface area (Å²) in [6.07, 6.45) is 2.72. The van der Waals surface area contributed by atoms with Crippen LogP contribution in [0.1, 0.15) is 6.42 Å². The highest BCUT2D eigenvalue weighted by Gasteiger charge is 2.15. The zero-order valence-corrected chi connectivity index (χ0v) is 6.29. The maximum atomic E-state index is 5.26. The van der Waals surface area contributed by atoms with Crippen LogP contribution in [0.25, 0.3) is 0 Å². The molecule has 58 valence electrons. The molecule has 0 amide bonds. The first kappa shape index (κ1) is 7.57. The molecule has 0 spiro atoms. The topological polar surface area (TPSA) is 27.7 Å². The summed E-state index contributed by atoms with van der Waals surface area (Å²) < 4.78 is 15.1. The van der Waals surface area contributed by atoms with Gasteiger partial charge in [-0.3, -0.25) is 0 Å². The van der Waals surface area contributed by atoms with Gasteiger partial charge in [0.25, 0.3) is 0 Å². The normalized spacial score (nSPS) is 24.2. The quantitative estimate of drug-likeness (QED) is 0.589. The number of hydrogen-bond donors (Lipinski definition) is 0. The molecule has 0 radical (unpaired) electrons. The minimum Gasteiger partial charge on any atom is -0.467 e. The highest BCUT2D eigenvalue weighted by molar-refractivity contribution is 4.99. The van der Waals surface area contributed by atoms with Crippen molar-refractivity contribution in [2.24, 2.45) is 0 Å². The number of methoxy groups -OCH3 is 2. The fourth-order valence-corrected chi connectivity index (χ4v) is 0.872. The second-order valence-corrected chi connectivity index (χ2v) is 2.12. The molecule has 1 unspecified atom stereocenters. The third-order valence-electron chi connectivity index (χ3n) is 1.37. The lowest BCUT2D eigenvalue weighted by atomic mass is 10.4. The lowest BCUT2D eigenvalue weighted by Crippen LogP contribution is -2.09. The van der Waals surface area contributed by atoms with E-state index in [2.05, 4.69) is 0 Å². The zero-order chi connectivity index (χ0) is 7.40. The summed E-state index contributed by atoms with van der Waals surface area (Å²) >= 11 is 0. The van der Waals surface area contributed by atoms with E-state index in [0.29, 0.717) is 6.61 Å². The molecule has 1 aliphatic rings. The van der Waals surface area contributed by atoms with E-state index in [1.807, 2.05) is 6.08 Å². The van der Waals surface area contributed by atoms with Gasteiger partial charge in [-0.15, -0.1) is 0 Å². The van der Waals surface area contributed by atoms with Crippen molar-refractivity contribution in [3.05, 3.63) is 11.8 Å². The molecule has 1 atom stereocenters. The van der Waals surface area contributed by atoms with Gasteiger partial charge in [-0.05, 0) is 6.08 Å². The van der Waals surface area contributed by atoms with Crippen LogP contribution >= 0.6 is 0 Å². The Balaban J connectivity index is 2.25. The average molecular weight is 144 g/mol. The van der Waals surface area contributed by atoms with Crippen molar-refractivity contribution >= 4 is 0 Å². The van der Waals surface area contributed by atoms with Crippen LogP contribution in [0.3, 0.4) is 0 Å². The molecule has 0 aromatic rings. The maximum absolute atomic E-state index is 5.26. The van der Waals surface area contributed by atoms with Gasteiger partial charge < -0.3 is 14.2 Å². The molecular formula is C7H12O3. The first-order valence-electron chi connectivity index (χ1n) is 3.24. The van der Waals surface area contributed by atoms with Crippen molar-refractivity contribution in [3.63, 3.8) is 0 Å². The Hall–Kier alpha value is -0.540. The predicted octanol–water partition coefficient (Wildman–Crippen LogP) is 0.910. The van der Waals surface area contributed by atoms with Crippen LogP contribution in [0.5, 0.6) is 0 Å². The summed E-state index contributed by atoms with van der Waals surface area (Å²) in [4.78, 5) is 0. The minimum atomic E-state index is -0.0925. The smallest absolute Gasteiger partial charge is 0.202 e. The highest BCUT2D eigenvalue weighted by atomic mass is 16.7. The zero-order valence-electron chi connectivity index (χ0n) is 6.29. The lowest BCUT2D eigenvalue weighted by molar-refractivity contribution is -0.0831. The van der Waals surface area contributed by atoms with Crippen molar-refractivity contribution < 1.29 is 14.2 Å². The largest absolute Gasteiger partial charge is 0.467 e. The molecule has 0 saturated carbocycles.